The molecule has 0 spiro atoms. The topological polar surface area (TPSA) is 78.7 Å². The zero-order chi connectivity index (χ0) is 20.5. The summed E-state index contributed by atoms with van der Waals surface area (Å²) in [4.78, 5) is 31.3. The molecular formula is C21H33N5O2. The molecule has 0 aliphatic rings. The predicted molar refractivity (Wildman–Crippen MR) is 112 cm³/mol. The highest BCUT2D eigenvalue weighted by Crippen LogP contribution is 2.15. The van der Waals surface area contributed by atoms with Crippen molar-refractivity contribution in [2.75, 3.05) is 32.7 Å². The Morgan fingerprint density at radius 2 is 1.82 bits per heavy atom. The normalized spacial score (nSPS) is 11.2. The number of hydrogen-bond acceptors (Lipinski definition) is 4. The lowest BCUT2D eigenvalue weighted by molar-refractivity contribution is -0.121. The van der Waals surface area contributed by atoms with E-state index >= 15 is 0 Å². The van der Waals surface area contributed by atoms with Crippen LogP contribution in [0.15, 0.2) is 18.3 Å². The molecule has 7 nitrogen and oxygen atoms in total. The minimum Gasteiger partial charge on any atom is -0.356 e. The van der Waals surface area contributed by atoms with Crippen molar-refractivity contribution in [1.82, 2.24) is 24.9 Å². The van der Waals surface area contributed by atoms with E-state index in [1.165, 1.54) is 0 Å². The van der Waals surface area contributed by atoms with Gasteiger partial charge in [0.2, 0.25) is 5.91 Å². The molecule has 2 heterocycles. The van der Waals surface area contributed by atoms with Gasteiger partial charge < -0.3 is 15.5 Å². The van der Waals surface area contributed by atoms with E-state index in [2.05, 4.69) is 34.4 Å². The van der Waals surface area contributed by atoms with Gasteiger partial charge in [-0.25, -0.2) is 4.98 Å². The first-order valence-electron chi connectivity index (χ1n) is 10.2. The Bertz CT molecular complexity index is 795. The highest BCUT2D eigenvalue weighted by Gasteiger charge is 2.17. The Balaban J connectivity index is 1.71. The number of hydrogen-bond donors (Lipinski definition) is 2. The maximum absolute atomic E-state index is 12.6. The van der Waals surface area contributed by atoms with E-state index in [1.807, 2.05) is 36.6 Å². The van der Waals surface area contributed by atoms with E-state index in [-0.39, 0.29) is 11.8 Å². The van der Waals surface area contributed by atoms with Gasteiger partial charge in [0.1, 0.15) is 11.3 Å². The lowest BCUT2D eigenvalue weighted by Crippen LogP contribution is -2.31. The van der Waals surface area contributed by atoms with Gasteiger partial charge in [-0.15, -0.1) is 0 Å². The minimum absolute atomic E-state index is 0.0374. The summed E-state index contributed by atoms with van der Waals surface area (Å²) in [6.07, 6.45) is 3.83. The molecular weight excluding hydrogens is 354 g/mol. The van der Waals surface area contributed by atoms with E-state index in [1.54, 1.807) is 0 Å². The molecule has 0 radical (unpaired) electrons. The Hall–Kier alpha value is -2.41. The maximum atomic E-state index is 12.6. The Morgan fingerprint density at radius 1 is 1.11 bits per heavy atom. The van der Waals surface area contributed by atoms with Crippen LogP contribution in [-0.2, 0) is 4.79 Å². The van der Waals surface area contributed by atoms with Gasteiger partial charge in [-0.3, -0.25) is 14.0 Å². The molecule has 0 bridgehead atoms. The van der Waals surface area contributed by atoms with E-state index in [0.29, 0.717) is 37.3 Å². The zero-order valence-corrected chi connectivity index (χ0v) is 17.5. The number of imidazole rings is 1. The van der Waals surface area contributed by atoms with Crippen LogP contribution in [-0.4, -0.2) is 58.8 Å². The summed E-state index contributed by atoms with van der Waals surface area (Å²) < 4.78 is 1.82. The van der Waals surface area contributed by atoms with Crippen molar-refractivity contribution in [1.29, 1.82) is 0 Å². The van der Waals surface area contributed by atoms with Crippen molar-refractivity contribution >= 4 is 17.5 Å². The van der Waals surface area contributed by atoms with E-state index in [4.69, 9.17) is 0 Å². The highest BCUT2D eigenvalue weighted by atomic mass is 16.2. The monoisotopic (exact) mass is 387 g/mol. The number of aryl methyl sites for hydroxylation is 2. The Labute approximate surface area is 167 Å². The van der Waals surface area contributed by atoms with Gasteiger partial charge in [-0.2, -0.15) is 0 Å². The van der Waals surface area contributed by atoms with Gasteiger partial charge in [0.25, 0.3) is 5.91 Å². The first-order chi connectivity index (χ1) is 13.5. The van der Waals surface area contributed by atoms with Crippen molar-refractivity contribution in [2.24, 2.45) is 0 Å². The molecule has 2 N–H and O–H groups in total. The number of carbonyl (C=O) groups excluding carboxylic acids is 2. The molecule has 2 rings (SSSR count). The minimum atomic E-state index is -0.157. The fraction of sp³-hybridized carbons (Fsp3) is 0.571. The highest BCUT2D eigenvalue weighted by molar-refractivity contribution is 5.94. The Morgan fingerprint density at radius 3 is 2.54 bits per heavy atom. The second kappa shape index (κ2) is 10.8. The number of nitrogens with one attached hydrogen (secondary N) is 2. The van der Waals surface area contributed by atoms with E-state index in [0.717, 1.165) is 37.3 Å². The van der Waals surface area contributed by atoms with Crippen LogP contribution in [0.25, 0.3) is 5.65 Å². The van der Waals surface area contributed by atoms with Crippen LogP contribution in [0.3, 0.4) is 0 Å². The van der Waals surface area contributed by atoms with Gasteiger partial charge in [0.05, 0.1) is 5.69 Å². The van der Waals surface area contributed by atoms with Gasteiger partial charge in [-0.05, 0) is 58.0 Å². The average Bonchev–Trinajstić information content (AvgIpc) is 3.02. The van der Waals surface area contributed by atoms with Crippen molar-refractivity contribution in [3.05, 3.63) is 35.3 Å². The van der Waals surface area contributed by atoms with Crippen molar-refractivity contribution < 1.29 is 9.59 Å². The van der Waals surface area contributed by atoms with Crippen LogP contribution in [0.5, 0.6) is 0 Å². The molecule has 2 aromatic heterocycles. The quantitative estimate of drug-likeness (QED) is 0.580. The van der Waals surface area contributed by atoms with Crippen LogP contribution in [0.1, 0.15) is 54.9 Å². The van der Waals surface area contributed by atoms with Crippen molar-refractivity contribution in [3.63, 3.8) is 0 Å². The van der Waals surface area contributed by atoms with Gasteiger partial charge >= 0.3 is 0 Å². The molecule has 0 aliphatic heterocycles. The van der Waals surface area contributed by atoms with Crippen LogP contribution >= 0.6 is 0 Å². The Kier molecular flexibility index (Phi) is 8.44. The summed E-state index contributed by atoms with van der Waals surface area (Å²) in [5.74, 6) is -0.120. The summed E-state index contributed by atoms with van der Waals surface area (Å²) in [5, 5.41) is 5.85. The van der Waals surface area contributed by atoms with Gasteiger partial charge in [0, 0.05) is 25.7 Å². The first kappa shape index (κ1) is 21.9. The maximum Gasteiger partial charge on any atom is 0.270 e. The summed E-state index contributed by atoms with van der Waals surface area (Å²) in [6, 6.07) is 3.88. The molecule has 154 valence electrons. The molecule has 2 aromatic rings. The number of rotatable bonds is 11. The fourth-order valence-electron chi connectivity index (χ4n) is 3.28. The number of fused-ring (bicyclic) bond motifs is 1. The smallest absolute Gasteiger partial charge is 0.270 e. The second-order valence-corrected chi connectivity index (χ2v) is 7.02. The zero-order valence-electron chi connectivity index (χ0n) is 17.5. The third-order valence-electron chi connectivity index (χ3n) is 4.97. The number of amides is 2. The number of nitrogens with zero attached hydrogens (tertiary/aromatic N) is 3. The molecule has 0 aliphatic carbocycles. The lowest BCUT2D eigenvalue weighted by atomic mass is 10.2. The van der Waals surface area contributed by atoms with E-state index < -0.39 is 0 Å². The lowest BCUT2D eigenvalue weighted by Gasteiger charge is -2.17. The molecule has 0 atom stereocenters. The second-order valence-electron chi connectivity index (χ2n) is 7.02. The number of pyridine rings is 1. The molecule has 7 heteroatoms. The van der Waals surface area contributed by atoms with Crippen LogP contribution in [0.2, 0.25) is 0 Å². The van der Waals surface area contributed by atoms with Gasteiger partial charge in [0.15, 0.2) is 0 Å². The summed E-state index contributed by atoms with van der Waals surface area (Å²) in [5.41, 5.74) is 3.09. The SMILES string of the molecule is CCN(CC)CCCNC(=O)CCCNC(=O)c1c(C)nc2c(C)cccn12. The molecule has 28 heavy (non-hydrogen) atoms. The van der Waals surface area contributed by atoms with Crippen molar-refractivity contribution in [2.45, 2.75) is 47.0 Å². The fourth-order valence-corrected chi connectivity index (χ4v) is 3.28. The third-order valence-corrected chi connectivity index (χ3v) is 4.97. The van der Waals surface area contributed by atoms with Crippen LogP contribution in [0, 0.1) is 13.8 Å². The summed E-state index contributed by atoms with van der Waals surface area (Å²) in [6.45, 7) is 12.3. The first-order valence-corrected chi connectivity index (χ1v) is 10.2. The molecule has 2 amide bonds. The molecule has 0 unspecified atom stereocenters. The number of aromatic nitrogens is 2. The van der Waals surface area contributed by atoms with Crippen molar-refractivity contribution in [3.8, 4) is 0 Å². The molecule has 0 saturated carbocycles. The average molecular weight is 388 g/mol. The standard InChI is InChI=1S/C21H33N5O2/c1-5-25(6-2)14-9-13-22-18(27)11-7-12-23-21(28)19-17(4)24-20-16(3)10-8-15-26(19)20/h8,10,15H,5-7,9,11-14H2,1-4H3,(H,22,27)(H,23,28). The molecule has 0 aromatic carbocycles. The summed E-state index contributed by atoms with van der Waals surface area (Å²) >= 11 is 0. The molecule has 0 fully saturated rings. The van der Waals surface area contributed by atoms with E-state index in [9.17, 15) is 9.59 Å². The number of carbonyl (C=O) groups is 2. The van der Waals surface area contributed by atoms with Gasteiger partial charge in [-0.1, -0.05) is 19.9 Å². The van der Waals surface area contributed by atoms with Crippen LogP contribution < -0.4 is 10.6 Å². The summed E-state index contributed by atoms with van der Waals surface area (Å²) in [7, 11) is 0. The predicted octanol–water partition coefficient (Wildman–Crippen LogP) is 2.31. The molecule has 0 saturated heterocycles. The third kappa shape index (κ3) is 5.79. The van der Waals surface area contributed by atoms with Crippen LogP contribution in [0.4, 0.5) is 0 Å². The largest absolute Gasteiger partial charge is 0.356 e.